The van der Waals surface area contributed by atoms with Crippen molar-refractivity contribution in [2.24, 2.45) is 5.73 Å². The van der Waals surface area contributed by atoms with E-state index in [4.69, 9.17) is 5.73 Å². The van der Waals surface area contributed by atoms with Gasteiger partial charge in [-0.05, 0) is 26.0 Å². The Morgan fingerprint density at radius 3 is 2.88 bits per heavy atom. The lowest BCUT2D eigenvalue weighted by Crippen LogP contribution is -2.28. The van der Waals surface area contributed by atoms with E-state index >= 15 is 0 Å². The SMILES string of the molecule is CCCSCC(N)Cc1ncnn1C(C)C. The summed E-state index contributed by atoms with van der Waals surface area (Å²) < 4.78 is 1.95. The first-order chi connectivity index (χ1) is 7.65. The van der Waals surface area contributed by atoms with Gasteiger partial charge < -0.3 is 5.73 Å². The quantitative estimate of drug-likeness (QED) is 0.742. The molecule has 0 fully saturated rings. The molecule has 0 aliphatic carbocycles. The molecular formula is C11H22N4S. The van der Waals surface area contributed by atoms with Crippen LogP contribution in [0.3, 0.4) is 0 Å². The van der Waals surface area contributed by atoms with Crippen molar-refractivity contribution in [3.8, 4) is 0 Å². The second-order valence-corrected chi connectivity index (χ2v) is 5.40. The van der Waals surface area contributed by atoms with Crippen molar-refractivity contribution < 1.29 is 0 Å². The van der Waals surface area contributed by atoms with E-state index in [1.54, 1.807) is 6.33 Å². The topological polar surface area (TPSA) is 56.7 Å². The fraction of sp³-hybridized carbons (Fsp3) is 0.818. The number of thioether (sulfide) groups is 1. The zero-order valence-corrected chi connectivity index (χ0v) is 11.2. The molecule has 16 heavy (non-hydrogen) atoms. The number of aromatic nitrogens is 3. The Labute approximate surface area is 102 Å². The van der Waals surface area contributed by atoms with Crippen LogP contribution >= 0.6 is 11.8 Å². The van der Waals surface area contributed by atoms with Crippen molar-refractivity contribution in [3.63, 3.8) is 0 Å². The van der Waals surface area contributed by atoms with E-state index in [9.17, 15) is 0 Å². The molecular weight excluding hydrogens is 220 g/mol. The predicted molar refractivity (Wildman–Crippen MR) is 69.7 cm³/mol. The molecule has 1 rings (SSSR count). The first-order valence-electron chi connectivity index (χ1n) is 5.86. The van der Waals surface area contributed by atoms with Crippen molar-refractivity contribution in [1.82, 2.24) is 14.8 Å². The lowest BCUT2D eigenvalue weighted by atomic mass is 10.2. The van der Waals surface area contributed by atoms with Crippen LogP contribution in [0.2, 0.25) is 0 Å². The second kappa shape index (κ2) is 6.91. The summed E-state index contributed by atoms with van der Waals surface area (Å²) >= 11 is 1.92. The molecule has 2 N–H and O–H groups in total. The van der Waals surface area contributed by atoms with Crippen LogP contribution in [0.25, 0.3) is 0 Å². The van der Waals surface area contributed by atoms with Crippen LogP contribution in [0.4, 0.5) is 0 Å². The van der Waals surface area contributed by atoms with Crippen LogP contribution in [0.15, 0.2) is 6.33 Å². The third kappa shape index (κ3) is 4.14. The summed E-state index contributed by atoms with van der Waals surface area (Å²) in [5.74, 6) is 3.18. The van der Waals surface area contributed by atoms with Gasteiger partial charge in [0.1, 0.15) is 12.2 Å². The van der Waals surface area contributed by atoms with Crippen LogP contribution in [0.5, 0.6) is 0 Å². The van der Waals surface area contributed by atoms with Crippen molar-refractivity contribution >= 4 is 11.8 Å². The molecule has 0 bridgehead atoms. The average Bonchev–Trinajstić information content (AvgIpc) is 2.66. The van der Waals surface area contributed by atoms with E-state index in [0.29, 0.717) is 6.04 Å². The summed E-state index contributed by atoms with van der Waals surface area (Å²) in [7, 11) is 0. The van der Waals surface area contributed by atoms with Gasteiger partial charge in [-0.25, -0.2) is 9.67 Å². The molecule has 1 unspecified atom stereocenters. The summed E-state index contributed by atoms with van der Waals surface area (Å²) in [5, 5.41) is 4.21. The molecule has 0 spiro atoms. The molecule has 1 heterocycles. The van der Waals surface area contributed by atoms with Crippen molar-refractivity contribution in [3.05, 3.63) is 12.2 Å². The Bertz CT molecular complexity index is 298. The van der Waals surface area contributed by atoms with E-state index in [2.05, 4.69) is 30.9 Å². The normalized spacial score (nSPS) is 13.3. The second-order valence-electron chi connectivity index (χ2n) is 4.25. The summed E-state index contributed by atoms with van der Waals surface area (Å²) in [4.78, 5) is 4.27. The van der Waals surface area contributed by atoms with Gasteiger partial charge in [0.25, 0.3) is 0 Å². The fourth-order valence-corrected chi connectivity index (χ4v) is 2.40. The number of nitrogens with two attached hydrogens (primary N) is 1. The highest BCUT2D eigenvalue weighted by Crippen LogP contribution is 2.10. The van der Waals surface area contributed by atoms with Gasteiger partial charge >= 0.3 is 0 Å². The maximum Gasteiger partial charge on any atom is 0.138 e. The van der Waals surface area contributed by atoms with Crippen LogP contribution < -0.4 is 5.73 Å². The van der Waals surface area contributed by atoms with E-state index in [1.165, 1.54) is 12.2 Å². The summed E-state index contributed by atoms with van der Waals surface area (Å²) in [5.41, 5.74) is 6.07. The van der Waals surface area contributed by atoms with E-state index in [-0.39, 0.29) is 6.04 Å². The highest BCUT2D eigenvalue weighted by atomic mass is 32.2. The molecule has 1 atom stereocenters. The summed E-state index contributed by atoms with van der Waals surface area (Å²) in [6.45, 7) is 6.40. The molecule has 4 nitrogen and oxygen atoms in total. The van der Waals surface area contributed by atoms with Gasteiger partial charge in [0, 0.05) is 24.3 Å². The van der Waals surface area contributed by atoms with Gasteiger partial charge in [-0.3, -0.25) is 0 Å². The molecule has 1 aromatic rings. The van der Waals surface area contributed by atoms with Crippen LogP contribution in [-0.2, 0) is 6.42 Å². The molecule has 0 aliphatic heterocycles. The molecule has 0 saturated carbocycles. The third-order valence-electron chi connectivity index (χ3n) is 2.26. The zero-order valence-electron chi connectivity index (χ0n) is 10.4. The lowest BCUT2D eigenvalue weighted by Gasteiger charge is -2.13. The zero-order chi connectivity index (χ0) is 12.0. The minimum absolute atomic E-state index is 0.179. The molecule has 0 aliphatic rings. The lowest BCUT2D eigenvalue weighted by molar-refractivity contribution is 0.496. The number of hydrogen-bond donors (Lipinski definition) is 1. The fourth-order valence-electron chi connectivity index (χ4n) is 1.52. The number of rotatable bonds is 7. The smallest absolute Gasteiger partial charge is 0.138 e. The molecule has 5 heteroatoms. The maximum atomic E-state index is 6.07. The molecule has 0 amide bonds. The first-order valence-corrected chi connectivity index (χ1v) is 7.02. The predicted octanol–water partition coefficient (Wildman–Crippen LogP) is 1.87. The maximum absolute atomic E-state index is 6.07. The standard InChI is InChI=1S/C11H22N4S/c1-4-5-16-7-10(12)6-11-13-8-14-15(11)9(2)3/h8-10H,4-7,12H2,1-3H3. The Kier molecular flexibility index (Phi) is 5.84. The third-order valence-corrected chi connectivity index (χ3v) is 3.62. The van der Waals surface area contributed by atoms with Gasteiger partial charge in [0.15, 0.2) is 0 Å². The van der Waals surface area contributed by atoms with Gasteiger partial charge in [0.05, 0.1) is 0 Å². The molecule has 92 valence electrons. The van der Waals surface area contributed by atoms with Crippen molar-refractivity contribution in [1.29, 1.82) is 0 Å². The Balaban J connectivity index is 2.43. The van der Waals surface area contributed by atoms with Crippen molar-refractivity contribution in [2.75, 3.05) is 11.5 Å². The molecule has 0 saturated heterocycles. The van der Waals surface area contributed by atoms with Crippen LogP contribution in [0, 0.1) is 0 Å². The van der Waals surface area contributed by atoms with E-state index in [1.807, 2.05) is 16.4 Å². The van der Waals surface area contributed by atoms with E-state index in [0.717, 1.165) is 18.0 Å². The van der Waals surface area contributed by atoms with Crippen molar-refractivity contribution in [2.45, 2.75) is 45.7 Å². The highest BCUT2D eigenvalue weighted by molar-refractivity contribution is 7.99. The Morgan fingerprint density at radius 1 is 1.50 bits per heavy atom. The van der Waals surface area contributed by atoms with Gasteiger partial charge in [-0.15, -0.1) is 0 Å². The minimum atomic E-state index is 0.179. The first kappa shape index (κ1) is 13.5. The summed E-state index contributed by atoms with van der Waals surface area (Å²) in [6, 6.07) is 0.534. The van der Waals surface area contributed by atoms with Gasteiger partial charge in [-0.1, -0.05) is 6.92 Å². The van der Waals surface area contributed by atoms with Gasteiger partial charge in [0.2, 0.25) is 0 Å². The largest absolute Gasteiger partial charge is 0.327 e. The van der Waals surface area contributed by atoms with E-state index < -0.39 is 0 Å². The van der Waals surface area contributed by atoms with Crippen LogP contribution in [0.1, 0.15) is 39.1 Å². The highest BCUT2D eigenvalue weighted by Gasteiger charge is 2.11. The minimum Gasteiger partial charge on any atom is -0.327 e. The molecule has 1 aromatic heterocycles. The number of nitrogens with zero attached hydrogens (tertiary/aromatic N) is 3. The molecule has 0 aromatic carbocycles. The van der Waals surface area contributed by atoms with Crippen LogP contribution in [-0.4, -0.2) is 32.3 Å². The average molecular weight is 242 g/mol. The number of hydrogen-bond acceptors (Lipinski definition) is 4. The Morgan fingerprint density at radius 2 is 2.25 bits per heavy atom. The van der Waals surface area contributed by atoms with Gasteiger partial charge in [-0.2, -0.15) is 16.9 Å². The molecule has 0 radical (unpaired) electrons. The monoisotopic (exact) mass is 242 g/mol. The Hall–Kier alpha value is -0.550. The summed E-state index contributed by atoms with van der Waals surface area (Å²) in [6.07, 6.45) is 3.63.